The summed E-state index contributed by atoms with van der Waals surface area (Å²) in [7, 11) is 0. The maximum absolute atomic E-state index is 14.2. The van der Waals surface area contributed by atoms with Gasteiger partial charge in [0.2, 0.25) is 5.88 Å². The van der Waals surface area contributed by atoms with Gasteiger partial charge in [0.1, 0.15) is 4.70 Å². The van der Waals surface area contributed by atoms with E-state index in [-0.39, 0.29) is 11.3 Å². The number of benzene rings is 2. The molecule has 0 fully saturated rings. The molecule has 0 aliphatic rings. The molecule has 0 saturated heterocycles. The Kier molecular flexibility index (Phi) is 3.84. The summed E-state index contributed by atoms with van der Waals surface area (Å²) in [4.78, 5) is 9.01. The normalized spacial score (nSPS) is 10.6. The Morgan fingerprint density at radius 1 is 1.04 bits per heavy atom. The molecular formula is C19H10FN3OS. The van der Waals surface area contributed by atoms with E-state index in [1.807, 2.05) is 47.8 Å². The minimum Gasteiger partial charge on any atom is -0.434 e. The fourth-order valence-electron chi connectivity index (χ4n) is 2.38. The standard InChI is InChI=1S/C19H10FN3OS/c20-14-10-12(11-21)6-7-16(14)24-19-17-15(8-9-25-17)22-18(23-19)13-4-2-1-3-5-13/h1-10H. The molecule has 0 saturated carbocycles. The van der Waals surface area contributed by atoms with Crippen molar-refractivity contribution in [3.05, 3.63) is 71.4 Å². The van der Waals surface area contributed by atoms with Crippen molar-refractivity contribution in [2.24, 2.45) is 0 Å². The number of thiophene rings is 1. The zero-order valence-electron chi connectivity index (χ0n) is 12.8. The Balaban J connectivity index is 1.81. The molecule has 2 heterocycles. The molecule has 25 heavy (non-hydrogen) atoms. The first-order valence-electron chi connectivity index (χ1n) is 7.43. The van der Waals surface area contributed by atoms with E-state index in [4.69, 9.17) is 10.00 Å². The Bertz CT molecular complexity index is 1100. The van der Waals surface area contributed by atoms with E-state index in [2.05, 4.69) is 9.97 Å². The SMILES string of the molecule is N#Cc1ccc(Oc2nc(-c3ccccc3)nc3ccsc23)c(F)c1. The van der Waals surface area contributed by atoms with Crippen LogP contribution in [0.5, 0.6) is 11.6 Å². The number of rotatable bonds is 3. The maximum Gasteiger partial charge on any atom is 0.241 e. The molecule has 4 nitrogen and oxygen atoms in total. The van der Waals surface area contributed by atoms with Gasteiger partial charge in [-0.3, -0.25) is 0 Å². The number of aromatic nitrogens is 2. The van der Waals surface area contributed by atoms with E-state index in [1.165, 1.54) is 23.5 Å². The quantitative estimate of drug-likeness (QED) is 0.513. The third-order valence-electron chi connectivity index (χ3n) is 3.57. The van der Waals surface area contributed by atoms with Crippen LogP contribution in [0.2, 0.25) is 0 Å². The van der Waals surface area contributed by atoms with Gasteiger partial charge in [0, 0.05) is 5.56 Å². The van der Waals surface area contributed by atoms with Crippen LogP contribution in [0.3, 0.4) is 0 Å². The number of hydrogen-bond acceptors (Lipinski definition) is 5. The number of nitrogens with zero attached hydrogens (tertiary/aromatic N) is 3. The molecule has 6 heteroatoms. The summed E-state index contributed by atoms with van der Waals surface area (Å²) in [6.45, 7) is 0. The summed E-state index contributed by atoms with van der Waals surface area (Å²) >= 11 is 1.43. The number of halogens is 1. The van der Waals surface area contributed by atoms with Crippen molar-refractivity contribution in [2.45, 2.75) is 0 Å². The van der Waals surface area contributed by atoms with Crippen LogP contribution in [0.15, 0.2) is 60.0 Å². The molecule has 4 aromatic rings. The Morgan fingerprint density at radius 3 is 2.64 bits per heavy atom. The van der Waals surface area contributed by atoms with Crippen LogP contribution in [0.4, 0.5) is 4.39 Å². The zero-order valence-corrected chi connectivity index (χ0v) is 13.6. The monoisotopic (exact) mass is 347 g/mol. The van der Waals surface area contributed by atoms with Gasteiger partial charge >= 0.3 is 0 Å². The summed E-state index contributed by atoms with van der Waals surface area (Å²) in [5, 5.41) is 10.7. The van der Waals surface area contributed by atoms with Gasteiger partial charge in [-0.05, 0) is 29.6 Å². The molecule has 0 atom stereocenters. The Hall–Kier alpha value is -3.30. The van der Waals surface area contributed by atoms with E-state index >= 15 is 0 Å². The predicted octanol–water partition coefficient (Wildman–Crippen LogP) is 5.16. The highest BCUT2D eigenvalue weighted by molar-refractivity contribution is 7.17. The summed E-state index contributed by atoms with van der Waals surface area (Å²) in [5.41, 5.74) is 1.82. The largest absolute Gasteiger partial charge is 0.434 e. The highest BCUT2D eigenvalue weighted by atomic mass is 32.1. The van der Waals surface area contributed by atoms with Gasteiger partial charge < -0.3 is 4.74 Å². The second kappa shape index (κ2) is 6.30. The lowest BCUT2D eigenvalue weighted by Gasteiger charge is -2.09. The first kappa shape index (κ1) is 15.2. The Labute approximate surface area is 146 Å². The third kappa shape index (κ3) is 2.93. The molecule has 0 aliphatic heterocycles. The Morgan fingerprint density at radius 2 is 1.88 bits per heavy atom. The molecular weight excluding hydrogens is 337 g/mol. The van der Waals surface area contributed by atoms with Crippen molar-refractivity contribution in [3.8, 4) is 29.1 Å². The van der Waals surface area contributed by atoms with E-state index in [9.17, 15) is 4.39 Å². The molecule has 0 unspecified atom stereocenters. The molecule has 0 spiro atoms. The van der Waals surface area contributed by atoms with Gasteiger partial charge in [-0.15, -0.1) is 11.3 Å². The lowest BCUT2D eigenvalue weighted by Crippen LogP contribution is -1.96. The van der Waals surface area contributed by atoms with Crippen molar-refractivity contribution < 1.29 is 9.13 Å². The molecule has 0 amide bonds. The molecule has 2 aromatic carbocycles. The second-order valence-corrected chi connectivity index (χ2v) is 6.13. The van der Waals surface area contributed by atoms with Gasteiger partial charge in [-0.25, -0.2) is 9.37 Å². The van der Waals surface area contributed by atoms with Crippen LogP contribution >= 0.6 is 11.3 Å². The van der Waals surface area contributed by atoms with Gasteiger partial charge in [0.05, 0.1) is 17.1 Å². The minimum atomic E-state index is -0.608. The molecule has 0 N–H and O–H groups in total. The minimum absolute atomic E-state index is 0.0198. The lowest BCUT2D eigenvalue weighted by atomic mass is 10.2. The van der Waals surface area contributed by atoms with Gasteiger partial charge in [0.15, 0.2) is 17.4 Å². The molecule has 0 radical (unpaired) electrons. The van der Waals surface area contributed by atoms with E-state index < -0.39 is 5.82 Å². The van der Waals surface area contributed by atoms with Crippen LogP contribution in [0.1, 0.15) is 5.56 Å². The van der Waals surface area contributed by atoms with Crippen LogP contribution in [-0.2, 0) is 0 Å². The van der Waals surface area contributed by atoms with Crippen LogP contribution in [0.25, 0.3) is 21.6 Å². The van der Waals surface area contributed by atoms with Crippen molar-refractivity contribution in [1.82, 2.24) is 9.97 Å². The van der Waals surface area contributed by atoms with Crippen LogP contribution < -0.4 is 4.74 Å². The lowest BCUT2D eigenvalue weighted by molar-refractivity contribution is 0.432. The summed E-state index contributed by atoms with van der Waals surface area (Å²) in [5.74, 6) is 0.216. The fraction of sp³-hybridized carbons (Fsp3) is 0. The molecule has 120 valence electrons. The number of fused-ring (bicyclic) bond motifs is 1. The topological polar surface area (TPSA) is 58.8 Å². The smallest absolute Gasteiger partial charge is 0.241 e. The first-order chi connectivity index (χ1) is 12.2. The van der Waals surface area contributed by atoms with E-state index in [0.29, 0.717) is 11.7 Å². The number of ether oxygens (including phenoxy) is 1. The first-order valence-corrected chi connectivity index (χ1v) is 8.31. The zero-order chi connectivity index (χ0) is 17.2. The van der Waals surface area contributed by atoms with Crippen molar-refractivity contribution in [3.63, 3.8) is 0 Å². The average molecular weight is 347 g/mol. The van der Waals surface area contributed by atoms with E-state index in [0.717, 1.165) is 21.8 Å². The summed E-state index contributed by atoms with van der Waals surface area (Å²) in [6, 6.07) is 17.4. The maximum atomic E-state index is 14.2. The van der Waals surface area contributed by atoms with Crippen molar-refractivity contribution >= 4 is 21.6 Å². The number of nitriles is 1. The van der Waals surface area contributed by atoms with Gasteiger partial charge in [-0.2, -0.15) is 10.2 Å². The summed E-state index contributed by atoms with van der Waals surface area (Å²) in [6.07, 6.45) is 0. The average Bonchev–Trinajstić information content (AvgIpc) is 3.13. The van der Waals surface area contributed by atoms with Crippen LogP contribution in [-0.4, -0.2) is 9.97 Å². The highest BCUT2D eigenvalue weighted by Crippen LogP contribution is 2.34. The highest BCUT2D eigenvalue weighted by Gasteiger charge is 2.14. The fourth-order valence-corrected chi connectivity index (χ4v) is 3.14. The summed E-state index contributed by atoms with van der Waals surface area (Å²) < 4.78 is 20.6. The molecule has 0 aliphatic carbocycles. The van der Waals surface area contributed by atoms with Crippen LogP contribution in [0, 0.1) is 17.1 Å². The third-order valence-corrected chi connectivity index (χ3v) is 4.46. The molecule has 4 rings (SSSR count). The number of hydrogen-bond donors (Lipinski definition) is 0. The van der Waals surface area contributed by atoms with E-state index in [1.54, 1.807) is 0 Å². The predicted molar refractivity (Wildman–Crippen MR) is 94.0 cm³/mol. The van der Waals surface area contributed by atoms with Gasteiger partial charge in [0.25, 0.3) is 0 Å². The molecule has 0 bridgehead atoms. The van der Waals surface area contributed by atoms with Crippen molar-refractivity contribution in [1.29, 1.82) is 5.26 Å². The van der Waals surface area contributed by atoms with Crippen molar-refractivity contribution in [2.75, 3.05) is 0 Å². The van der Waals surface area contributed by atoms with Gasteiger partial charge in [-0.1, -0.05) is 30.3 Å². The second-order valence-electron chi connectivity index (χ2n) is 5.21. The molecule has 2 aromatic heterocycles.